The zero-order valence-corrected chi connectivity index (χ0v) is 3.61. The molecule has 0 amide bonds. The van der Waals surface area contributed by atoms with Crippen molar-refractivity contribution in [2.75, 3.05) is 0 Å². The van der Waals surface area contributed by atoms with Crippen LogP contribution in [0.3, 0.4) is 0 Å². The van der Waals surface area contributed by atoms with E-state index in [1.54, 1.807) is 0 Å². The average molecular weight is 83.1 g/mol. The maximum Gasteiger partial charge on any atom is 0.124 e. The zero-order chi connectivity index (χ0) is 4.99. The molecule has 0 aromatic rings. The third kappa shape index (κ3) is 3.41. The van der Waals surface area contributed by atoms with Crippen LogP contribution in [0.25, 0.3) is 0 Å². The molecule has 6 heavy (non-hydrogen) atoms. The minimum atomic E-state index is 0.389. The van der Waals surface area contributed by atoms with Gasteiger partial charge in [-0.05, 0) is 6.92 Å². The first-order chi connectivity index (χ1) is 2.77. The van der Waals surface area contributed by atoms with Gasteiger partial charge in [-0.2, -0.15) is 0 Å². The highest BCUT2D eigenvalue weighted by Crippen LogP contribution is 1.86. The molecule has 0 rings (SSSR count). The van der Waals surface area contributed by atoms with Gasteiger partial charge in [0.1, 0.15) is 6.29 Å². The summed E-state index contributed by atoms with van der Waals surface area (Å²) >= 11 is 0. The molecule has 0 heterocycles. The Hall–Kier alpha value is -0.590. The number of hydrogen-bond acceptors (Lipinski definition) is 1. The Morgan fingerprint density at radius 1 is 1.83 bits per heavy atom. The van der Waals surface area contributed by atoms with E-state index < -0.39 is 0 Å². The molecule has 0 aromatic heterocycles. The maximum absolute atomic E-state index is 9.51. The summed E-state index contributed by atoms with van der Waals surface area (Å²) in [5, 5.41) is 0. The third-order valence-electron chi connectivity index (χ3n) is 0.372. The molecule has 1 heteroatoms. The predicted octanol–water partition coefficient (Wildman–Crippen LogP) is 0.966. The van der Waals surface area contributed by atoms with Gasteiger partial charge in [-0.1, -0.05) is 12.2 Å². The van der Waals surface area contributed by atoms with Crippen molar-refractivity contribution in [2.45, 2.75) is 6.42 Å². The highest BCUT2D eigenvalue weighted by atomic mass is 16.1. The fraction of sp³-hybridized carbons (Fsp3) is 0.200. The normalized spacial score (nSPS) is 7.50. The predicted molar refractivity (Wildman–Crippen MR) is 25.2 cm³/mol. The maximum atomic E-state index is 9.51. The van der Waals surface area contributed by atoms with Crippen LogP contribution in [0.1, 0.15) is 6.42 Å². The number of hydrogen-bond donors (Lipinski definition) is 0. The smallest absolute Gasteiger partial charge is 0.124 e. The van der Waals surface area contributed by atoms with E-state index in [4.69, 9.17) is 0 Å². The Kier molecular flexibility index (Phi) is 2.38. The van der Waals surface area contributed by atoms with Gasteiger partial charge < -0.3 is 4.79 Å². The summed E-state index contributed by atoms with van der Waals surface area (Å²) in [6, 6.07) is 0. The van der Waals surface area contributed by atoms with Crippen LogP contribution in [0, 0.1) is 6.92 Å². The van der Waals surface area contributed by atoms with Crippen LogP contribution in [-0.4, -0.2) is 6.29 Å². The zero-order valence-electron chi connectivity index (χ0n) is 3.61. The topological polar surface area (TPSA) is 17.1 Å². The summed E-state index contributed by atoms with van der Waals surface area (Å²) in [5.41, 5.74) is 0.671. The first kappa shape index (κ1) is 5.41. The Morgan fingerprint density at radius 2 is 2.33 bits per heavy atom. The van der Waals surface area contributed by atoms with Gasteiger partial charge >= 0.3 is 0 Å². The van der Waals surface area contributed by atoms with Crippen LogP contribution in [0.15, 0.2) is 12.2 Å². The lowest BCUT2D eigenvalue weighted by atomic mass is 10.3. The Morgan fingerprint density at radius 3 is 2.33 bits per heavy atom. The van der Waals surface area contributed by atoms with Crippen LogP contribution in [-0.2, 0) is 4.79 Å². The Bertz CT molecular complexity index is 64.3. The van der Waals surface area contributed by atoms with Crippen molar-refractivity contribution in [3.8, 4) is 0 Å². The van der Waals surface area contributed by atoms with Crippen molar-refractivity contribution in [1.29, 1.82) is 0 Å². The molecule has 1 nitrogen and oxygen atoms in total. The molecule has 0 aliphatic rings. The second-order valence-corrected chi connectivity index (χ2v) is 1.12. The number of carbonyl (C=O) groups is 1. The van der Waals surface area contributed by atoms with Gasteiger partial charge in [-0.3, -0.25) is 0 Å². The molecule has 0 unspecified atom stereocenters. The van der Waals surface area contributed by atoms with Gasteiger partial charge in [0.25, 0.3) is 0 Å². The second kappa shape index (κ2) is 2.64. The van der Waals surface area contributed by atoms with Crippen LogP contribution in [0.2, 0.25) is 0 Å². The molecule has 0 aliphatic heterocycles. The molecular formula is C5H7O. The van der Waals surface area contributed by atoms with E-state index in [0.29, 0.717) is 12.0 Å². The molecule has 0 bridgehead atoms. The van der Waals surface area contributed by atoms with Crippen molar-refractivity contribution in [3.05, 3.63) is 19.1 Å². The van der Waals surface area contributed by atoms with Crippen molar-refractivity contribution in [2.24, 2.45) is 0 Å². The van der Waals surface area contributed by atoms with Gasteiger partial charge in [-0.15, -0.1) is 0 Å². The molecule has 0 spiro atoms. The molecule has 0 aliphatic carbocycles. The Balaban J connectivity index is 3.05. The fourth-order valence-electron chi connectivity index (χ4n) is 0.118. The summed E-state index contributed by atoms with van der Waals surface area (Å²) < 4.78 is 0. The minimum absolute atomic E-state index is 0.389. The lowest BCUT2D eigenvalue weighted by molar-refractivity contribution is -0.107. The van der Waals surface area contributed by atoms with Gasteiger partial charge in [-0.25, -0.2) is 0 Å². The SMILES string of the molecule is [CH2]C(=C)CC=O. The summed E-state index contributed by atoms with van der Waals surface area (Å²) in [4.78, 5) is 9.51. The third-order valence-corrected chi connectivity index (χ3v) is 0.372. The summed E-state index contributed by atoms with van der Waals surface area (Å²) in [6.45, 7) is 6.80. The number of aldehydes is 1. The summed E-state index contributed by atoms with van der Waals surface area (Å²) in [5.74, 6) is 0. The molecule has 0 saturated heterocycles. The van der Waals surface area contributed by atoms with E-state index in [-0.39, 0.29) is 0 Å². The van der Waals surface area contributed by atoms with Gasteiger partial charge in [0.2, 0.25) is 0 Å². The van der Waals surface area contributed by atoms with E-state index in [2.05, 4.69) is 13.5 Å². The standard InChI is InChI=1S/C5H7O/c1-5(2)3-4-6/h4H,1-3H2. The molecule has 1 radical (unpaired) electrons. The highest BCUT2D eigenvalue weighted by Gasteiger charge is 1.76. The average Bonchev–Trinajstić information content (AvgIpc) is 1.35. The van der Waals surface area contributed by atoms with Crippen molar-refractivity contribution >= 4 is 6.29 Å². The van der Waals surface area contributed by atoms with Crippen molar-refractivity contribution < 1.29 is 4.79 Å². The van der Waals surface area contributed by atoms with Gasteiger partial charge in [0.05, 0.1) is 0 Å². The molecular weight excluding hydrogens is 76.1 g/mol. The van der Waals surface area contributed by atoms with Crippen LogP contribution >= 0.6 is 0 Å². The van der Waals surface area contributed by atoms with E-state index >= 15 is 0 Å². The number of carbonyl (C=O) groups excluding carboxylic acids is 1. The fourth-order valence-corrected chi connectivity index (χ4v) is 0.118. The first-order valence-electron chi connectivity index (χ1n) is 1.70. The first-order valence-corrected chi connectivity index (χ1v) is 1.70. The summed E-state index contributed by atoms with van der Waals surface area (Å²) in [6.07, 6.45) is 1.18. The largest absolute Gasteiger partial charge is 0.303 e. The lowest BCUT2D eigenvalue weighted by Crippen LogP contribution is -1.71. The van der Waals surface area contributed by atoms with E-state index in [0.717, 1.165) is 6.29 Å². The van der Waals surface area contributed by atoms with Gasteiger partial charge in [0.15, 0.2) is 0 Å². The Labute approximate surface area is 37.7 Å². The lowest BCUT2D eigenvalue weighted by Gasteiger charge is -1.79. The number of rotatable bonds is 2. The van der Waals surface area contributed by atoms with Crippen molar-refractivity contribution in [3.63, 3.8) is 0 Å². The monoisotopic (exact) mass is 83.0 g/mol. The number of allylic oxidation sites excluding steroid dienone is 1. The van der Waals surface area contributed by atoms with E-state index in [9.17, 15) is 4.79 Å². The quantitative estimate of drug-likeness (QED) is 0.454. The molecule has 0 atom stereocenters. The van der Waals surface area contributed by atoms with Crippen molar-refractivity contribution in [1.82, 2.24) is 0 Å². The molecule has 0 N–H and O–H groups in total. The molecule has 0 saturated carbocycles. The molecule has 0 aromatic carbocycles. The summed E-state index contributed by atoms with van der Waals surface area (Å²) in [7, 11) is 0. The van der Waals surface area contributed by atoms with Crippen LogP contribution < -0.4 is 0 Å². The van der Waals surface area contributed by atoms with Crippen LogP contribution in [0.4, 0.5) is 0 Å². The van der Waals surface area contributed by atoms with E-state index in [1.165, 1.54) is 0 Å². The molecule has 0 fully saturated rings. The van der Waals surface area contributed by atoms with Gasteiger partial charge in [0, 0.05) is 6.42 Å². The van der Waals surface area contributed by atoms with Crippen LogP contribution in [0.5, 0.6) is 0 Å². The second-order valence-electron chi connectivity index (χ2n) is 1.12. The minimum Gasteiger partial charge on any atom is -0.303 e. The molecule has 33 valence electrons. The highest BCUT2D eigenvalue weighted by molar-refractivity contribution is 5.54. The van der Waals surface area contributed by atoms with E-state index in [1.807, 2.05) is 0 Å².